The minimum atomic E-state index is 0. The van der Waals surface area contributed by atoms with Crippen LogP contribution in [0.5, 0.6) is 0 Å². The molecule has 2 rings (SSSR count). The summed E-state index contributed by atoms with van der Waals surface area (Å²) >= 11 is 0. The third-order valence-electron chi connectivity index (χ3n) is 2.76. The van der Waals surface area contributed by atoms with Crippen molar-refractivity contribution in [3.05, 3.63) is 0 Å². The molecule has 0 atom stereocenters. The van der Waals surface area contributed by atoms with E-state index in [1.807, 2.05) is 0 Å². The second-order valence-electron chi connectivity index (χ2n) is 3.60. The molecular weight excluding hydrogens is 176 g/mol. The molecule has 2 aliphatic heterocycles. The molecule has 0 aromatic rings. The van der Waals surface area contributed by atoms with Crippen molar-refractivity contribution in [3.8, 4) is 0 Å². The lowest BCUT2D eigenvalue weighted by Crippen LogP contribution is -2.48. The molecule has 0 aromatic heterocycles. The minimum Gasteiger partial charge on any atom is -0.317 e. The maximum Gasteiger partial charge on any atom is 0.148 e. The van der Waals surface area contributed by atoms with Gasteiger partial charge in [-0.25, -0.2) is 0 Å². The van der Waals surface area contributed by atoms with Crippen LogP contribution in [0.4, 0.5) is 0 Å². The van der Waals surface area contributed by atoms with Gasteiger partial charge in [0.15, 0.2) is 0 Å². The summed E-state index contributed by atoms with van der Waals surface area (Å²) in [4.78, 5) is 11.0. The van der Waals surface area contributed by atoms with Gasteiger partial charge in [-0.3, -0.25) is 4.79 Å². The van der Waals surface area contributed by atoms with Crippen molar-refractivity contribution in [2.45, 2.75) is 24.8 Å². The quantitative estimate of drug-likeness (QED) is 0.569. The Kier molecular flexibility index (Phi) is 3.09. The van der Waals surface area contributed by atoms with E-state index >= 15 is 0 Å². The molecule has 0 saturated carbocycles. The second kappa shape index (κ2) is 3.73. The molecule has 4 heteroatoms. The van der Waals surface area contributed by atoms with Gasteiger partial charge in [0, 0.05) is 12.0 Å². The van der Waals surface area contributed by atoms with E-state index in [-0.39, 0.29) is 17.9 Å². The highest BCUT2D eigenvalue weighted by Gasteiger charge is 2.38. The van der Waals surface area contributed by atoms with Gasteiger partial charge in [-0.05, 0) is 25.9 Å². The standard InChI is InChI=1S/C8H14N2O.ClH/c11-7-5-8(10-6-7)1-3-9-4-2-8;/h9-10H,1-6H2;1H. The van der Waals surface area contributed by atoms with E-state index in [9.17, 15) is 4.79 Å². The van der Waals surface area contributed by atoms with E-state index in [0.29, 0.717) is 12.3 Å². The summed E-state index contributed by atoms with van der Waals surface area (Å²) < 4.78 is 0. The number of hydrogen-bond acceptors (Lipinski definition) is 3. The highest BCUT2D eigenvalue weighted by molar-refractivity contribution is 5.85. The normalized spacial score (nSPS) is 27.2. The molecule has 3 nitrogen and oxygen atoms in total. The summed E-state index contributed by atoms with van der Waals surface area (Å²) in [6.07, 6.45) is 2.98. The fourth-order valence-electron chi connectivity index (χ4n) is 2.05. The first-order chi connectivity index (χ1) is 5.31. The van der Waals surface area contributed by atoms with Crippen molar-refractivity contribution in [3.63, 3.8) is 0 Å². The van der Waals surface area contributed by atoms with Gasteiger partial charge in [0.1, 0.15) is 5.78 Å². The number of nitrogens with one attached hydrogen (secondary N) is 2. The Morgan fingerprint density at radius 1 is 1.25 bits per heavy atom. The zero-order valence-electron chi connectivity index (χ0n) is 7.06. The SMILES string of the molecule is Cl.O=C1CNC2(CCNCC2)C1. The zero-order chi connectivity index (χ0) is 7.73. The Labute approximate surface area is 78.7 Å². The van der Waals surface area contributed by atoms with E-state index < -0.39 is 0 Å². The smallest absolute Gasteiger partial charge is 0.148 e. The average Bonchev–Trinajstić information content (AvgIpc) is 2.34. The van der Waals surface area contributed by atoms with Gasteiger partial charge in [0.05, 0.1) is 6.54 Å². The van der Waals surface area contributed by atoms with Crippen LogP contribution in [0.15, 0.2) is 0 Å². The van der Waals surface area contributed by atoms with Gasteiger partial charge >= 0.3 is 0 Å². The average molecular weight is 191 g/mol. The Morgan fingerprint density at radius 3 is 2.42 bits per heavy atom. The number of rotatable bonds is 0. The van der Waals surface area contributed by atoms with E-state index in [1.165, 1.54) is 0 Å². The van der Waals surface area contributed by atoms with Gasteiger partial charge in [0.25, 0.3) is 0 Å². The largest absolute Gasteiger partial charge is 0.317 e. The molecule has 2 fully saturated rings. The molecule has 2 saturated heterocycles. The zero-order valence-corrected chi connectivity index (χ0v) is 7.88. The predicted molar refractivity (Wildman–Crippen MR) is 49.7 cm³/mol. The van der Waals surface area contributed by atoms with Gasteiger partial charge in [-0.2, -0.15) is 0 Å². The maximum absolute atomic E-state index is 11.0. The second-order valence-corrected chi connectivity index (χ2v) is 3.60. The lowest BCUT2D eigenvalue weighted by atomic mass is 9.87. The molecule has 0 radical (unpaired) electrons. The highest BCUT2D eigenvalue weighted by atomic mass is 35.5. The molecule has 0 aromatic carbocycles. The monoisotopic (exact) mass is 190 g/mol. The summed E-state index contributed by atoms with van der Waals surface area (Å²) in [5.41, 5.74) is 0.183. The van der Waals surface area contributed by atoms with E-state index in [4.69, 9.17) is 0 Å². The first-order valence-electron chi connectivity index (χ1n) is 4.28. The van der Waals surface area contributed by atoms with Crippen LogP contribution in [-0.4, -0.2) is 31.0 Å². The van der Waals surface area contributed by atoms with Gasteiger partial charge in [0.2, 0.25) is 0 Å². The minimum absolute atomic E-state index is 0. The lowest BCUT2D eigenvalue weighted by molar-refractivity contribution is -0.116. The Hall–Kier alpha value is -0.120. The van der Waals surface area contributed by atoms with Crippen LogP contribution in [-0.2, 0) is 4.79 Å². The lowest BCUT2D eigenvalue weighted by Gasteiger charge is -2.33. The highest BCUT2D eigenvalue weighted by Crippen LogP contribution is 2.26. The molecular formula is C8H15ClN2O. The van der Waals surface area contributed by atoms with Crippen molar-refractivity contribution in [1.29, 1.82) is 0 Å². The fraction of sp³-hybridized carbons (Fsp3) is 0.875. The molecule has 0 amide bonds. The predicted octanol–water partition coefficient (Wildman–Crippen LogP) is 0.0928. The Balaban J connectivity index is 0.000000720. The van der Waals surface area contributed by atoms with Crippen molar-refractivity contribution in [1.82, 2.24) is 10.6 Å². The fourth-order valence-corrected chi connectivity index (χ4v) is 2.05. The van der Waals surface area contributed by atoms with Crippen LogP contribution in [0.2, 0.25) is 0 Å². The van der Waals surface area contributed by atoms with Crippen LogP contribution in [0.3, 0.4) is 0 Å². The number of carbonyl (C=O) groups is 1. The number of piperidine rings is 1. The van der Waals surface area contributed by atoms with Crippen molar-refractivity contribution in [2.24, 2.45) is 0 Å². The van der Waals surface area contributed by atoms with E-state index in [0.717, 1.165) is 32.4 Å². The van der Waals surface area contributed by atoms with Gasteiger partial charge in [-0.1, -0.05) is 0 Å². The molecule has 0 unspecified atom stereocenters. The van der Waals surface area contributed by atoms with Gasteiger partial charge < -0.3 is 10.6 Å². The molecule has 0 bridgehead atoms. The maximum atomic E-state index is 11.0. The number of Topliss-reactive ketones (excluding diaryl/α,β-unsaturated/α-hetero) is 1. The number of ketones is 1. The van der Waals surface area contributed by atoms with E-state index in [2.05, 4.69) is 10.6 Å². The van der Waals surface area contributed by atoms with Crippen molar-refractivity contribution < 1.29 is 4.79 Å². The Morgan fingerprint density at radius 2 is 1.92 bits per heavy atom. The number of halogens is 1. The summed E-state index contributed by atoms with van der Waals surface area (Å²) in [6.45, 7) is 2.71. The topological polar surface area (TPSA) is 41.1 Å². The molecule has 0 aliphatic carbocycles. The van der Waals surface area contributed by atoms with Crippen LogP contribution in [0.25, 0.3) is 0 Å². The summed E-state index contributed by atoms with van der Waals surface area (Å²) in [5, 5.41) is 6.63. The van der Waals surface area contributed by atoms with E-state index in [1.54, 1.807) is 0 Å². The van der Waals surface area contributed by atoms with Crippen molar-refractivity contribution in [2.75, 3.05) is 19.6 Å². The number of hydrogen-bond donors (Lipinski definition) is 2. The molecule has 70 valence electrons. The Bertz CT molecular complexity index is 178. The molecule has 2 aliphatic rings. The third kappa shape index (κ3) is 1.79. The molecule has 2 heterocycles. The molecule has 12 heavy (non-hydrogen) atoms. The summed E-state index contributed by atoms with van der Waals surface area (Å²) in [6, 6.07) is 0. The van der Waals surface area contributed by atoms with Gasteiger partial charge in [-0.15, -0.1) is 12.4 Å². The summed E-state index contributed by atoms with van der Waals surface area (Å²) in [5.74, 6) is 0.381. The van der Waals surface area contributed by atoms with Crippen LogP contribution < -0.4 is 10.6 Å². The van der Waals surface area contributed by atoms with Crippen molar-refractivity contribution >= 4 is 18.2 Å². The molecule has 2 N–H and O–H groups in total. The first kappa shape index (κ1) is 9.96. The van der Waals surface area contributed by atoms with Crippen LogP contribution >= 0.6 is 12.4 Å². The summed E-state index contributed by atoms with van der Waals surface area (Å²) in [7, 11) is 0. The molecule has 1 spiro atoms. The first-order valence-corrected chi connectivity index (χ1v) is 4.28. The number of carbonyl (C=O) groups excluding carboxylic acids is 1. The van der Waals surface area contributed by atoms with Crippen LogP contribution in [0.1, 0.15) is 19.3 Å². The van der Waals surface area contributed by atoms with Crippen LogP contribution in [0, 0.1) is 0 Å². The third-order valence-corrected chi connectivity index (χ3v) is 2.76.